The average molecular weight is 277 g/mol. The fourth-order valence-electron chi connectivity index (χ4n) is 1.89. The fraction of sp³-hybridized carbons (Fsp3) is 0.333. The Morgan fingerprint density at radius 3 is 2.58 bits per heavy atom. The molecule has 0 fully saturated rings. The number of hydrogen-bond acceptors (Lipinski definition) is 5. The fourth-order valence-corrected chi connectivity index (χ4v) is 2.36. The van der Waals surface area contributed by atoms with Crippen molar-refractivity contribution >= 4 is 28.4 Å². The molecule has 0 unspecified atom stereocenters. The van der Waals surface area contributed by atoms with Crippen LogP contribution >= 0.6 is 11.5 Å². The number of urea groups is 1. The molecule has 1 aromatic carbocycles. The number of anilines is 2. The summed E-state index contributed by atoms with van der Waals surface area (Å²) in [6.07, 6.45) is 0. The minimum absolute atomic E-state index is 0.224. The van der Waals surface area contributed by atoms with E-state index in [4.69, 9.17) is 0 Å². The molecule has 2 rings (SSSR count). The zero-order chi connectivity index (χ0) is 13.8. The van der Waals surface area contributed by atoms with Gasteiger partial charge >= 0.3 is 6.03 Å². The number of carbonyl (C=O) groups excluding carboxylic acids is 1. The van der Waals surface area contributed by atoms with Crippen molar-refractivity contribution in [2.75, 3.05) is 11.4 Å². The summed E-state index contributed by atoms with van der Waals surface area (Å²) < 4.78 is 3.73. The SMILES string of the molecule is CCNC(=O)N(c1nnns1)c1c(C)cccc1C. The van der Waals surface area contributed by atoms with E-state index in [1.165, 1.54) is 4.90 Å². The number of benzene rings is 1. The summed E-state index contributed by atoms with van der Waals surface area (Å²) in [6, 6.07) is 5.66. The molecular formula is C12H15N5OS. The molecule has 0 radical (unpaired) electrons. The predicted molar refractivity (Wildman–Crippen MR) is 74.8 cm³/mol. The normalized spacial score (nSPS) is 10.3. The quantitative estimate of drug-likeness (QED) is 0.935. The van der Waals surface area contributed by atoms with E-state index in [1.54, 1.807) is 0 Å². The third kappa shape index (κ3) is 2.70. The molecule has 1 aromatic heterocycles. The van der Waals surface area contributed by atoms with Gasteiger partial charge in [0, 0.05) is 18.1 Å². The summed E-state index contributed by atoms with van der Waals surface area (Å²) in [5, 5.41) is 10.7. The van der Waals surface area contributed by atoms with Crippen molar-refractivity contribution in [1.82, 2.24) is 20.1 Å². The lowest BCUT2D eigenvalue weighted by atomic mass is 10.1. The minimum Gasteiger partial charge on any atom is -0.338 e. The topological polar surface area (TPSA) is 71.0 Å². The van der Waals surface area contributed by atoms with Crippen LogP contribution in [0.4, 0.5) is 15.6 Å². The molecule has 0 spiro atoms. The van der Waals surface area contributed by atoms with Gasteiger partial charge in [0.1, 0.15) is 0 Å². The molecule has 2 amide bonds. The van der Waals surface area contributed by atoms with Crippen molar-refractivity contribution in [3.8, 4) is 0 Å². The van der Waals surface area contributed by atoms with Gasteiger partial charge in [-0.3, -0.25) is 0 Å². The number of aryl methyl sites for hydroxylation is 2. The van der Waals surface area contributed by atoms with Crippen LogP contribution in [0, 0.1) is 13.8 Å². The maximum atomic E-state index is 12.3. The van der Waals surface area contributed by atoms with Crippen molar-refractivity contribution in [2.24, 2.45) is 0 Å². The Kier molecular flexibility index (Phi) is 4.06. The number of nitrogens with zero attached hydrogens (tertiary/aromatic N) is 4. The molecule has 0 bridgehead atoms. The van der Waals surface area contributed by atoms with Gasteiger partial charge in [0.15, 0.2) is 0 Å². The Morgan fingerprint density at radius 1 is 1.37 bits per heavy atom. The van der Waals surface area contributed by atoms with Crippen LogP contribution in [0.2, 0.25) is 0 Å². The molecule has 0 aliphatic heterocycles. The Balaban J connectivity index is 2.52. The predicted octanol–water partition coefficient (Wildman–Crippen LogP) is 2.42. The first-order valence-corrected chi connectivity index (χ1v) is 6.71. The summed E-state index contributed by atoms with van der Waals surface area (Å²) in [5.74, 6) is 0. The van der Waals surface area contributed by atoms with E-state index in [0.717, 1.165) is 28.3 Å². The lowest BCUT2D eigenvalue weighted by Gasteiger charge is -2.23. The highest BCUT2D eigenvalue weighted by molar-refractivity contribution is 7.09. The second-order valence-corrected chi connectivity index (χ2v) is 4.77. The molecule has 100 valence electrons. The van der Waals surface area contributed by atoms with Gasteiger partial charge in [-0.05, 0) is 37.1 Å². The molecule has 6 nitrogen and oxygen atoms in total. The first kappa shape index (κ1) is 13.4. The number of amides is 2. The summed E-state index contributed by atoms with van der Waals surface area (Å²) in [6.45, 7) is 6.34. The van der Waals surface area contributed by atoms with E-state index in [1.807, 2.05) is 39.0 Å². The van der Waals surface area contributed by atoms with Gasteiger partial charge < -0.3 is 5.32 Å². The molecule has 0 saturated heterocycles. The van der Waals surface area contributed by atoms with E-state index in [-0.39, 0.29) is 6.03 Å². The van der Waals surface area contributed by atoms with E-state index in [9.17, 15) is 4.79 Å². The van der Waals surface area contributed by atoms with Crippen LogP contribution in [0.15, 0.2) is 18.2 Å². The van der Waals surface area contributed by atoms with E-state index in [0.29, 0.717) is 11.7 Å². The van der Waals surface area contributed by atoms with Crippen LogP contribution in [-0.4, -0.2) is 27.4 Å². The first-order valence-electron chi connectivity index (χ1n) is 5.94. The van der Waals surface area contributed by atoms with Crippen LogP contribution < -0.4 is 10.2 Å². The second-order valence-electron chi connectivity index (χ2n) is 4.06. The molecule has 0 saturated carbocycles. The highest BCUT2D eigenvalue weighted by atomic mass is 32.1. The van der Waals surface area contributed by atoms with Crippen molar-refractivity contribution in [1.29, 1.82) is 0 Å². The third-order valence-corrected chi connectivity index (χ3v) is 3.26. The molecule has 2 aromatic rings. The zero-order valence-corrected chi connectivity index (χ0v) is 11.9. The van der Waals surface area contributed by atoms with Gasteiger partial charge in [0.25, 0.3) is 0 Å². The average Bonchev–Trinajstić information content (AvgIpc) is 2.87. The Bertz CT molecular complexity index is 549. The molecule has 7 heteroatoms. The molecular weight excluding hydrogens is 262 g/mol. The van der Waals surface area contributed by atoms with Crippen LogP contribution in [0.5, 0.6) is 0 Å². The van der Waals surface area contributed by atoms with Crippen LogP contribution in [0.3, 0.4) is 0 Å². The number of hydrogen-bond donors (Lipinski definition) is 1. The summed E-state index contributed by atoms with van der Waals surface area (Å²) in [5.41, 5.74) is 2.83. The van der Waals surface area contributed by atoms with Crippen LogP contribution in [0.1, 0.15) is 18.1 Å². The van der Waals surface area contributed by atoms with Crippen LogP contribution in [-0.2, 0) is 0 Å². The summed E-state index contributed by atoms with van der Waals surface area (Å²) in [4.78, 5) is 13.8. The van der Waals surface area contributed by atoms with Gasteiger partial charge in [0.2, 0.25) is 5.13 Å². The second kappa shape index (κ2) is 5.75. The Labute approximate surface area is 115 Å². The monoisotopic (exact) mass is 277 g/mol. The van der Waals surface area contributed by atoms with Crippen molar-refractivity contribution < 1.29 is 4.79 Å². The Hall–Kier alpha value is -2.02. The number of rotatable bonds is 3. The number of carbonyl (C=O) groups is 1. The molecule has 0 aliphatic rings. The van der Waals surface area contributed by atoms with Gasteiger partial charge in [-0.25, -0.2) is 9.69 Å². The molecule has 0 aliphatic carbocycles. The highest BCUT2D eigenvalue weighted by Crippen LogP contribution is 2.31. The van der Waals surface area contributed by atoms with Crippen molar-refractivity contribution in [3.63, 3.8) is 0 Å². The van der Waals surface area contributed by atoms with Gasteiger partial charge in [-0.2, -0.15) is 0 Å². The lowest BCUT2D eigenvalue weighted by molar-refractivity contribution is 0.249. The maximum absolute atomic E-state index is 12.3. The largest absolute Gasteiger partial charge is 0.338 e. The van der Waals surface area contributed by atoms with E-state index >= 15 is 0 Å². The highest BCUT2D eigenvalue weighted by Gasteiger charge is 2.23. The first-order chi connectivity index (χ1) is 9.15. The third-order valence-electron chi connectivity index (χ3n) is 2.67. The molecule has 0 atom stereocenters. The number of para-hydroxylation sites is 1. The standard InChI is InChI=1S/C12H15N5OS/c1-4-13-11(18)17(12-14-15-16-19-12)10-8(2)6-5-7-9(10)3/h5-7H,4H2,1-3H3,(H,13,18). The van der Waals surface area contributed by atoms with Gasteiger partial charge in [0.05, 0.1) is 5.69 Å². The van der Waals surface area contributed by atoms with Gasteiger partial charge in [-0.15, -0.1) is 0 Å². The summed E-state index contributed by atoms with van der Waals surface area (Å²) in [7, 11) is 0. The number of aromatic nitrogens is 3. The lowest BCUT2D eigenvalue weighted by Crippen LogP contribution is -2.37. The van der Waals surface area contributed by atoms with E-state index < -0.39 is 0 Å². The van der Waals surface area contributed by atoms with Crippen molar-refractivity contribution in [3.05, 3.63) is 29.3 Å². The maximum Gasteiger partial charge on any atom is 0.328 e. The van der Waals surface area contributed by atoms with Gasteiger partial charge in [-0.1, -0.05) is 27.8 Å². The smallest absolute Gasteiger partial charge is 0.328 e. The molecule has 19 heavy (non-hydrogen) atoms. The van der Waals surface area contributed by atoms with Crippen molar-refractivity contribution in [2.45, 2.75) is 20.8 Å². The summed E-state index contributed by atoms with van der Waals surface area (Å²) >= 11 is 1.09. The molecule has 1 N–H and O–H groups in total. The van der Waals surface area contributed by atoms with E-state index in [2.05, 4.69) is 20.1 Å². The number of nitrogens with one attached hydrogen (secondary N) is 1. The van der Waals surface area contributed by atoms with Crippen LogP contribution in [0.25, 0.3) is 0 Å². The molecule has 1 heterocycles. The zero-order valence-electron chi connectivity index (χ0n) is 11.0. The Morgan fingerprint density at radius 2 is 2.05 bits per heavy atom. The minimum atomic E-state index is -0.224.